The fourth-order valence-electron chi connectivity index (χ4n) is 3.09. The molecule has 0 radical (unpaired) electrons. The summed E-state index contributed by atoms with van der Waals surface area (Å²) < 4.78 is 12.0. The molecule has 3 rings (SSSR count). The van der Waals surface area contributed by atoms with Crippen LogP contribution in [0, 0.1) is 17.4 Å². The van der Waals surface area contributed by atoms with Gasteiger partial charge in [0.1, 0.15) is 5.57 Å². The van der Waals surface area contributed by atoms with E-state index in [1.54, 1.807) is 24.3 Å². The number of hydrogen-bond acceptors (Lipinski definition) is 5. The summed E-state index contributed by atoms with van der Waals surface area (Å²) in [4.78, 5) is 39.0. The molecule has 0 aromatic heterocycles. The highest BCUT2D eigenvalue weighted by molar-refractivity contribution is 14.1. The third-order valence-corrected chi connectivity index (χ3v) is 5.66. The number of anilines is 1. The number of carbonyl (C=O) groups excluding carboxylic acids is 3. The standard InChI is InChI=1S/C23H23IN2O5/c1-5-8-31-20-18(24)11-15(12-19(20)30-4)10-17-21(27)25-23(29)26(22(17)28)16-7-6-13(2)14(3)9-16/h6-7,9-12H,5,8H2,1-4H3,(H,25,27,29)/b17-10+. The van der Waals surface area contributed by atoms with Crippen LogP contribution < -0.4 is 19.7 Å². The molecule has 1 N–H and O–H groups in total. The van der Waals surface area contributed by atoms with Crippen molar-refractivity contribution in [2.24, 2.45) is 0 Å². The lowest BCUT2D eigenvalue weighted by Crippen LogP contribution is -2.54. The van der Waals surface area contributed by atoms with Crippen molar-refractivity contribution in [1.82, 2.24) is 5.32 Å². The summed E-state index contributed by atoms with van der Waals surface area (Å²) in [6, 6.07) is 7.96. The molecule has 1 aliphatic rings. The Morgan fingerprint density at radius 3 is 2.48 bits per heavy atom. The number of rotatable bonds is 6. The summed E-state index contributed by atoms with van der Waals surface area (Å²) in [5.41, 5.74) is 2.81. The zero-order chi connectivity index (χ0) is 22.7. The van der Waals surface area contributed by atoms with Gasteiger partial charge < -0.3 is 9.47 Å². The molecular formula is C23H23IN2O5. The molecule has 31 heavy (non-hydrogen) atoms. The number of amides is 4. The molecule has 0 bridgehead atoms. The Morgan fingerprint density at radius 2 is 1.84 bits per heavy atom. The molecule has 1 aliphatic heterocycles. The summed E-state index contributed by atoms with van der Waals surface area (Å²) in [5, 5.41) is 2.25. The van der Waals surface area contributed by atoms with E-state index in [2.05, 4.69) is 27.9 Å². The highest BCUT2D eigenvalue weighted by atomic mass is 127. The Hall–Kier alpha value is -2.88. The molecule has 7 nitrogen and oxygen atoms in total. The molecule has 1 saturated heterocycles. The van der Waals surface area contributed by atoms with Crippen LogP contribution in [0.15, 0.2) is 35.9 Å². The van der Waals surface area contributed by atoms with Gasteiger partial charge >= 0.3 is 6.03 Å². The van der Waals surface area contributed by atoms with E-state index in [-0.39, 0.29) is 5.57 Å². The number of nitrogens with zero attached hydrogens (tertiary/aromatic N) is 1. The second-order valence-electron chi connectivity index (χ2n) is 7.11. The van der Waals surface area contributed by atoms with Crippen molar-refractivity contribution in [2.75, 3.05) is 18.6 Å². The monoisotopic (exact) mass is 534 g/mol. The first kappa shape index (κ1) is 22.8. The normalized spacial score (nSPS) is 15.3. The molecule has 2 aromatic rings. The van der Waals surface area contributed by atoms with Gasteiger partial charge in [0, 0.05) is 0 Å². The SMILES string of the molecule is CCCOc1c(I)cc(/C=C2\C(=O)NC(=O)N(c3ccc(C)c(C)c3)C2=O)cc1OC. The molecule has 0 aliphatic carbocycles. The van der Waals surface area contributed by atoms with Crippen molar-refractivity contribution in [3.63, 3.8) is 0 Å². The molecule has 0 unspecified atom stereocenters. The highest BCUT2D eigenvalue weighted by Gasteiger charge is 2.37. The molecule has 1 fully saturated rings. The molecule has 0 atom stereocenters. The predicted molar refractivity (Wildman–Crippen MR) is 126 cm³/mol. The van der Waals surface area contributed by atoms with E-state index in [0.29, 0.717) is 29.4 Å². The number of methoxy groups -OCH3 is 1. The van der Waals surface area contributed by atoms with Gasteiger partial charge in [-0.25, -0.2) is 9.69 Å². The largest absolute Gasteiger partial charge is 0.493 e. The van der Waals surface area contributed by atoms with Crippen molar-refractivity contribution in [1.29, 1.82) is 0 Å². The molecule has 162 valence electrons. The summed E-state index contributed by atoms with van der Waals surface area (Å²) in [6.45, 7) is 6.38. The third kappa shape index (κ3) is 4.73. The van der Waals surface area contributed by atoms with E-state index in [9.17, 15) is 14.4 Å². The molecule has 8 heteroatoms. The Balaban J connectivity index is 2.01. The molecule has 1 heterocycles. The van der Waals surface area contributed by atoms with Crippen molar-refractivity contribution in [3.8, 4) is 11.5 Å². The summed E-state index contributed by atoms with van der Waals surface area (Å²) >= 11 is 2.12. The summed E-state index contributed by atoms with van der Waals surface area (Å²) in [5.74, 6) is -0.316. The fourth-order valence-corrected chi connectivity index (χ4v) is 3.87. The van der Waals surface area contributed by atoms with Crippen molar-refractivity contribution >= 4 is 52.2 Å². The van der Waals surface area contributed by atoms with E-state index >= 15 is 0 Å². The summed E-state index contributed by atoms with van der Waals surface area (Å²) in [7, 11) is 1.53. The third-order valence-electron chi connectivity index (χ3n) is 4.86. The number of barbiturate groups is 1. The van der Waals surface area contributed by atoms with Crippen LogP contribution in [-0.4, -0.2) is 31.6 Å². The van der Waals surface area contributed by atoms with Gasteiger partial charge in [-0.1, -0.05) is 13.0 Å². The van der Waals surface area contributed by atoms with E-state index in [1.807, 2.05) is 26.8 Å². The number of benzene rings is 2. The number of imide groups is 2. The number of hydrogen-bond donors (Lipinski definition) is 1. The number of urea groups is 1. The van der Waals surface area contributed by atoms with Gasteiger partial charge in [0.2, 0.25) is 0 Å². The lowest BCUT2D eigenvalue weighted by atomic mass is 10.0. The first-order valence-electron chi connectivity index (χ1n) is 9.75. The van der Waals surface area contributed by atoms with Crippen LogP contribution in [0.2, 0.25) is 0 Å². The molecular weight excluding hydrogens is 511 g/mol. The second-order valence-corrected chi connectivity index (χ2v) is 8.27. The second kappa shape index (κ2) is 9.51. The molecule has 0 saturated carbocycles. The Bertz CT molecular complexity index is 1090. The fraction of sp³-hybridized carbons (Fsp3) is 0.261. The zero-order valence-corrected chi connectivity index (χ0v) is 19.9. The van der Waals surface area contributed by atoms with Gasteiger partial charge in [-0.05, 0) is 89.9 Å². The van der Waals surface area contributed by atoms with E-state index < -0.39 is 17.8 Å². The van der Waals surface area contributed by atoms with Crippen LogP contribution in [0.3, 0.4) is 0 Å². The minimum absolute atomic E-state index is 0.141. The minimum Gasteiger partial charge on any atom is -0.493 e. The average Bonchev–Trinajstić information content (AvgIpc) is 2.72. The summed E-state index contributed by atoms with van der Waals surface area (Å²) in [6.07, 6.45) is 2.30. The maximum atomic E-state index is 13.1. The van der Waals surface area contributed by atoms with Crippen LogP contribution in [0.25, 0.3) is 6.08 Å². The number of nitrogens with one attached hydrogen (secondary N) is 1. The van der Waals surface area contributed by atoms with E-state index in [1.165, 1.54) is 13.2 Å². The molecule has 4 amide bonds. The van der Waals surface area contributed by atoms with Gasteiger partial charge in [0.15, 0.2) is 11.5 Å². The van der Waals surface area contributed by atoms with Crippen LogP contribution in [0.1, 0.15) is 30.0 Å². The van der Waals surface area contributed by atoms with Gasteiger partial charge in [0.05, 0.1) is 23.0 Å². The lowest BCUT2D eigenvalue weighted by molar-refractivity contribution is -0.122. The van der Waals surface area contributed by atoms with Gasteiger partial charge in [-0.3, -0.25) is 14.9 Å². The van der Waals surface area contributed by atoms with Crippen LogP contribution in [0.5, 0.6) is 11.5 Å². The maximum Gasteiger partial charge on any atom is 0.335 e. The smallest absolute Gasteiger partial charge is 0.335 e. The topological polar surface area (TPSA) is 84.9 Å². The van der Waals surface area contributed by atoms with Crippen molar-refractivity contribution in [2.45, 2.75) is 27.2 Å². The minimum atomic E-state index is -0.772. The number of carbonyl (C=O) groups is 3. The van der Waals surface area contributed by atoms with Crippen LogP contribution >= 0.6 is 22.6 Å². The molecule has 2 aromatic carbocycles. The zero-order valence-electron chi connectivity index (χ0n) is 17.7. The number of ether oxygens (including phenoxy) is 2. The first-order valence-corrected chi connectivity index (χ1v) is 10.8. The predicted octanol–water partition coefficient (Wildman–Crippen LogP) is 4.37. The van der Waals surface area contributed by atoms with Gasteiger partial charge in [-0.15, -0.1) is 0 Å². The quantitative estimate of drug-likeness (QED) is 0.338. The Morgan fingerprint density at radius 1 is 1.10 bits per heavy atom. The van der Waals surface area contributed by atoms with Crippen molar-refractivity contribution in [3.05, 3.63) is 56.2 Å². The Kier molecular flexibility index (Phi) is 6.99. The van der Waals surface area contributed by atoms with E-state index in [0.717, 1.165) is 26.0 Å². The maximum absolute atomic E-state index is 13.1. The highest BCUT2D eigenvalue weighted by Crippen LogP contribution is 2.35. The van der Waals surface area contributed by atoms with Crippen molar-refractivity contribution < 1.29 is 23.9 Å². The van der Waals surface area contributed by atoms with E-state index in [4.69, 9.17) is 9.47 Å². The first-order chi connectivity index (χ1) is 14.8. The van der Waals surface area contributed by atoms with Crippen LogP contribution in [0.4, 0.5) is 10.5 Å². The molecule has 0 spiro atoms. The van der Waals surface area contributed by atoms with Gasteiger partial charge in [-0.2, -0.15) is 0 Å². The number of halogens is 1. The average molecular weight is 534 g/mol. The van der Waals surface area contributed by atoms with Crippen LogP contribution in [-0.2, 0) is 9.59 Å². The number of aryl methyl sites for hydroxylation is 2. The lowest BCUT2D eigenvalue weighted by Gasteiger charge is -2.27. The Labute approximate surface area is 194 Å². The van der Waals surface area contributed by atoms with Gasteiger partial charge in [0.25, 0.3) is 11.8 Å².